The Labute approximate surface area is 111 Å². The maximum Gasteiger partial charge on any atom is 0.133 e. The van der Waals surface area contributed by atoms with Gasteiger partial charge in [-0.25, -0.2) is 4.39 Å². The lowest BCUT2D eigenvalue weighted by Gasteiger charge is -2.30. The second-order valence-electron chi connectivity index (χ2n) is 4.71. The van der Waals surface area contributed by atoms with E-state index in [1.54, 1.807) is 12.1 Å². The number of hydrogen-bond acceptors (Lipinski definition) is 3. The van der Waals surface area contributed by atoms with Gasteiger partial charge in [-0.1, -0.05) is 18.3 Å². The molecule has 0 aromatic heterocycles. The van der Waals surface area contributed by atoms with Gasteiger partial charge in [0.15, 0.2) is 0 Å². The van der Waals surface area contributed by atoms with Gasteiger partial charge in [0.1, 0.15) is 10.8 Å². The molecular weight excluding hydrogens is 251 g/mol. The van der Waals surface area contributed by atoms with Crippen LogP contribution in [0, 0.1) is 5.82 Å². The summed E-state index contributed by atoms with van der Waals surface area (Å²) in [5, 5.41) is 9.60. The number of β-amino-alcohol motifs (C(OH)–C–C–N with tert-alkyl or cyclic N) is 1. The van der Waals surface area contributed by atoms with Crippen LogP contribution in [0.1, 0.15) is 24.0 Å². The van der Waals surface area contributed by atoms with Crippen molar-refractivity contribution >= 4 is 17.2 Å². The zero-order chi connectivity index (χ0) is 13.1. The second kappa shape index (κ2) is 5.73. The van der Waals surface area contributed by atoms with Crippen LogP contribution in [0.3, 0.4) is 0 Å². The minimum atomic E-state index is -0.384. The first-order valence-corrected chi connectivity index (χ1v) is 6.45. The molecule has 5 heteroatoms. The Balaban J connectivity index is 2.09. The molecule has 1 aromatic carbocycles. The molecule has 0 aliphatic carbocycles. The van der Waals surface area contributed by atoms with Gasteiger partial charge in [-0.2, -0.15) is 0 Å². The highest BCUT2D eigenvalue weighted by molar-refractivity contribution is 7.80. The van der Waals surface area contributed by atoms with E-state index in [2.05, 4.69) is 4.90 Å². The first kappa shape index (κ1) is 13.4. The molecule has 3 N–H and O–H groups in total. The minimum absolute atomic E-state index is 0.0769. The normalized spacial score (nSPS) is 20.9. The smallest absolute Gasteiger partial charge is 0.133 e. The van der Waals surface area contributed by atoms with Crippen LogP contribution in [0.25, 0.3) is 0 Å². The number of aliphatic hydroxyl groups is 1. The topological polar surface area (TPSA) is 49.5 Å². The van der Waals surface area contributed by atoms with Crippen LogP contribution < -0.4 is 5.73 Å². The third-order valence-electron chi connectivity index (χ3n) is 3.18. The molecule has 2 rings (SSSR count). The van der Waals surface area contributed by atoms with Crippen molar-refractivity contribution in [2.75, 3.05) is 13.1 Å². The van der Waals surface area contributed by atoms with Crippen LogP contribution in [-0.2, 0) is 6.54 Å². The lowest BCUT2D eigenvalue weighted by Crippen LogP contribution is -2.37. The van der Waals surface area contributed by atoms with Crippen molar-refractivity contribution in [1.82, 2.24) is 4.90 Å². The fourth-order valence-corrected chi connectivity index (χ4v) is 2.45. The number of benzene rings is 1. The monoisotopic (exact) mass is 268 g/mol. The van der Waals surface area contributed by atoms with Crippen molar-refractivity contribution in [3.8, 4) is 0 Å². The van der Waals surface area contributed by atoms with Gasteiger partial charge in [0, 0.05) is 18.7 Å². The van der Waals surface area contributed by atoms with E-state index in [1.165, 1.54) is 6.07 Å². The summed E-state index contributed by atoms with van der Waals surface area (Å²) in [6.07, 6.45) is 1.59. The molecule has 98 valence electrons. The zero-order valence-corrected chi connectivity index (χ0v) is 10.9. The SMILES string of the molecule is NC(=S)c1cc(CN2CCCC(O)C2)ccc1F. The standard InChI is InChI=1S/C13H17FN2OS/c14-12-4-3-9(6-11(12)13(15)18)7-16-5-1-2-10(17)8-16/h3-4,6,10,17H,1-2,5,7-8H2,(H2,15,18). The average molecular weight is 268 g/mol. The van der Waals surface area contributed by atoms with Crippen LogP contribution >= 0.6 is 12.2 Å². The second-order valence-corrected chi connectivity index (χ2v) is 5.15. The van der Waals surface area contributed by atoms with E-state index in [1.807, 2.05) is 0 Å². The summed E-state index contributed by atoms with van der Waals surface area (Å²) in [6.45, 7) is 2.31. The van der Waals surface area contributed by atoms with Gasteiger partial charge in [0.05, 0.1) is 6.10 Å². The van der Waals surface area contributed by atoms with Crippen molar-refractivity contribution in [2.45, 2.75) is 25.5 Å². The lowest BCUT2D eigenvalue weighted by molar-refractivity contribution is 0.0668. The Morgan fingerprint density at radius 2 is 2.33 bits per heavy atom. The number of likely N-dealkylation sites (tertiary alicyclic amines) is 1. The number of nitrogens with two attached hydrogens (primary N) is 1. The third-order valence-corrected chi connectivity index (χ3v) is 3.40. The first-order chi connectivity index (χ1) is 8.56. The van der Waals surface area contributed by atoms with Crippen LogP contribution in [0.15, 0.2) is 18.2 Å². The molecule has 3 nitrogen and oxygen atoms in total. The van der Waals surface area contributed by atoms with Gasteiger partial charge in [-0.15, -0.1) is 0 Å². The molecule has 1 fully saturated rings. The van der Waals surface area contributed by atoms with Gasteiger partial charge in [0.25, 0.3) is 0 Å². The molecule has 0 bridgehead atoms. The van der Waals surface area contributed by atoms with Crippen LogP contribution in [-0.4, -0.2) is 34.2 Å². The van der Waals surface area contributed by atoms with Crippen molar-refractivity contribution in [3.05, 3.63) is 35.1 Å². The summed E-state index contributed by atoms with van der Waals surface area (Å²) in [4.78, 5) is 2.23. The van der Waals surface area contributed by atoms with E-state index < -0.39 is 0 Å². The highest BCUT2D eigenvalue weighted by atomic mass is 32.1. The summed E-state index contributed by atoms with van der Waals surface area (Å²) in [5.41, 5.74) is 6.73. The van der Waals surface area contributed by atoms with Gasteiger partial charge >= 0.3 is 0 Å². The number of aliphatic hydroxyl groups excluding tert-OH is 1. The summed E-state index contributed by atoms with van der Waals surface area (Å²) in [5.74, 6) is -0.384. The largest absolute Gasteiger partial charge is 0.392 e. The summed E-state index contributed by atoms with van der Waals surface area (Å²) in [6, 6.07) is 4.82. The van der Waals surface area contributed by atoms with E-state index in [4.69, 9.17) is 18.0 Å². The van der Waals surface area contributed by atoms with Crippen molar-refractivity contribution in [2.24, 2.45) is 5.73 Å². The number of rotatable bonds is 3. The fourth-order valence-electron chi connectivity index (χ4n) is 2.29. The summed E-state index contributed by atoms with van der Waals surface area (Å²) in [7, 11) is 0. The number of nitrogens with zero attached hydrogens (tertiary/aromatic N) is 1. The van der Waals surface area contributed by atoms with E-state index >= 15 is 0 Å². The number of piperidine rings is 1. The van der Waals surface area contributed by atoms with E-state index in [9.17, 15) is 9.50 Å². The molecule has 0 radical (unpaired) electrons. The maximum absolute atomic E-state index is 13.4. The molecule has 0 spiro atoms. The number of thiocarbonyl (C=S) groups is 1. The molecule has 1 atom stereocenters. The molecule has 1 aliphatic rings. The van der Waals surface area contributed by atoms with Gasteiger partial charge in [-0.3, -0.25) is 4.90 Å². The van der Waals surface area contributed by atoms with E-state index in [0.29, 0.717) is 18.7 Å². The third kappa shape index (κ3) is 3.25. The predicted octanol–water partition coefficient (Wildman–Crippen LogP) is 1.42. The molecule has 1 saturated heterocycles. The van der Waals surface area contributed by atoms with Crippen LogP contribution in [0.2, 0.25) is 0 Å². The summed E-state index contributed by atoms with van der Waals surface area (Å²) < 4.78 is 13.4. The van der Waals surface area contributed by atoms with Crippen molar-refractivity contribution in [1.29, 1.82) is 0 Å². The Morgan fingerprint density at radius 1 is 1.56 bits per heavy atom. The highest BCUT2D eigenvalue weighted by Crippen LogP contribution is 2.16. The quantitative estimate of drug-likeness (QED) is 0.814. The van der Waals surface area contributed by atoms with Crippen molar-refractivity contribution in [3.63, 3.8) is 0 Å². The van der Waals surface area contributed by atoms with Crippen molar-refractivity contribution < 1.29 is 9.50 Å². The summed E-state index contributed by atoms with van der Waals surface area (Å²) >= 11 is 4.82. The molecule has 18 heavy (non-hydrogen) atoms. The molecule has 1 aliphatic heterocycles. The van der Waals surface area contributed by atoms with E-state index in [-0.39, 0.29) is 16.9 Å². The van der Waals surface area contributed by atoms with Gasteiger partial charge < -0.3 is 10.8 Å². The minimum Gasteiger partial charge on any atom is -0.392 e. The molecule has 1 unspecified atom stereocenters. The number of hydrogen-bond donors (Lipinski definition) is 2. The maximum atomic E-state index is 13.4. The molecule has 1 aromatic rings. The first-order valence-electron chi connectivity index (χ1n) is 6.05. The molecule has 0 amide bonds. The lowest BCUT2D eigenvalue weighted by atomic mass is 10.1. The average Bonchev–Trinajstić information content (AvgIpc) is 2.31. The van der Waals surface area contributed by atoms with Crippen LogP contribution in [0.5, 0.6) is 0 Å². The number of halogens is 1. The fraction of sp³-hybridized carbons (Fsp3) is 0.462. The van der Waals surface area contributed by atoms with E-state index in [0.717, 1.165) is 24.9 Å². The Hall–Kier alpha value is -1.04. The Kier molecular flexibility index (Phi) is 4.27. The highest BCUT2D eigenvalue weighted by Gasteiger charge is 2.18. The predicted molar refractivity (Wildman–Crippen MR) is 72.8 cm³/mol. The zero-order valence-electron chi connectivity index (χ0n) is 10.1. The van der Waals surface area contributed by atoms with Crippen LogP contribution in [0.4, 0.5) is 4.39 Å². The molecular formula is C13H17FN2OS. The Morgan fingerprint density at radius 3 is 3.00 bits per heavy atom. The molecule has 1 heterocycles. The Bertz CT molecular complexity index is 453. The van der Waals surface area contributed by atoms with Gasteiger partial charge in [0.2, 0.25) is 0 Å². The molecule has 0 saturated carbocycles. The van der Waals surface area contributed by atoms with Gasteiger partial charge in [-0.05, 0) is 37.1 Å².